The number of ether oxygens (including phenoxy) is 1. The predicted octanol–water partition coefficient (Wildman–Crippen LogP) is 2.49. The SMILES string of the molecule is COc1ccc(N2CCN(C(=O)c3cnc(Nc4cc(C)on4)cn3)CC2)cc1. The van der Waals surface area contributed by atoms with E-state index in [1.165, 1.54) is 12.4 Å². The molecule has 4 rings (SSSR count). The number of carbonyl (C=O) groups excluding carboxylic acids is 1. The van der Waals surface area contributed by atoms with Crippen LogP contribution in [0.1, 0.15) is 16.2 Å². The highest BCUT2D eigenvalue weighted by Gasteiger charge is 2.23. The van der Waals surface area contributed by atoms with Crippen LogP contribution in [0.4, 0.5) is 17.3 Å². The largest absolute Gasteiger partial charge is 0.497 e. The Labute approximate surface area is 168 Å². The van der Waals surface area contributed by atoms with Gasteiger partial charge in [-0.1, -0.05) is 5.16 Å². The Morgan fingerprint density at radius 1 is 1.07 bits per heavy atom. The Morgan fingerprint density at radius 3 is 2.41 bits per heavy atom. The first kappa shape index (κ1) is 18.7. The van der Waals surface area contributed by atoms with Crippen molar-refractivity contribution in [1.29, 1.82) is 0 Å². The second-order valence-corrected chi connectivity index (χ2v) is 6.71. The number of amides is 1. The van der Waals surface area contributed by atoms with Gasteiger partial charge >= 0.3 is 0 Å². The maximum atomic E-state index is 12.7. The number of aryl methyl sites for hydroxylation is 1. The second kappa shape index (κ2) is 8.17. The molecule has 3 heterocycles. The summed E-state index contributed by atoms with van der Waals surface area (Å²) < 4.78 is 10.2. The molecule has 2 aromatic heterocycles. The van der Waals surface area contributed by atoms with Crippen LogP contribution in [-0.2, 0) is 0 Å². The van der Waals surface area contributed by atoms with E-state index in [2.05, 4.69) is 25.3 Å². The Kier molecular flexibility index (Phi) is 5.28. The predicted molar refractivity (Wildman–Crippen MR) is 108 cm³/mol. The maximum absolute atomic E-state index is 12.7. The number of hydrogen-bond donors (Lipinski definition) is 1. The van der Waals surface area contributed by atoms with Gasteiger partial charge in [-0.05, 0) is 31.2 Å². The first-order valence-corrected chi connectivity index (χ1v) is 9.33. The van der Waals surface area contributed by atoms with E-state index >= 15 is 0 Å². The summed E-state index contributed by atoms with van der Waals surface area (Å²) in [5.41, 5.74) is 1.45. The van der Waals surface area contributed by atoms with E-state index in [0.717, 1.165) is 24.5 Å². The number of piperazine rings is 1. The smallest absolute Gasteiger partial charge is 0.274 e. The lowest BCUT2D eigenvalue weighted by molar-refractivity contribution is 0.0740. The van der Waals surface area contributed by atoms with Gasteiger partial charge in [-0.15, -0.1) is 0 Å². The summed E-state index contributed by atoms with van der Waals surface area (Å²) in [5.74, 6) is 2.46. The Bertz CT molecular complexity index is 963. The van der Waals surface area contributed by atoms with Crippen LogP contribution in [0.3, 0.4) is 0 Å². The van der Waals surface area contributed by atoms with Gasteiger partial charge in [0.2, 0.25) is 0 Å². The summed E-state index contributed by atoms with van der Waals surface area (Å²) in [6, 6.07) is 9.70. The molecule has 1 N–H and O–H groups in total. The zero-order valence-electron chi connectivity index (χ0n) is 16.3. The average molecular weight is 394 g/mol. The van der Waals surface area contributed by atoms with Crippen LogP contribution in [0.15, 0.2) is 47.2 Å². The van der Waals surface area contributed by atoms with Crippen LogP contribution in [0.2, 0.25) is 0 Å². The van der Waals surface area contributed by atoms with Crippen molar-refractivity contribution in [3.05, 3.63) is 54.2 Å². The van der Waals surface area contributed by atoms with Crippen molar-refractivity contribution in [2.24, 2.45) is 0 Å². The van der Waals surface area contributed by atoms with Gasteiger partial charge in [0.25, 0.3) is 5.91 Å². The minimum Gasteiger partial charge on any atom is -0.497 e. The lowest BCUT2D eigenvalue weighted by atomic mass is 10.2. The Balaban J connectivity index is 1.34. The molecule has 1 saturated heterocycles. The van der Waals surface area contributed by atoms with Crippen molar-refractivity contribution in [1.82, 2.24) is 20.0 Å². The van der Waals surface area contributed by atoms with E-state index in [9.17, 15) is 4.79 Å². The average Bonchev–Trinajstić information content (AvgIpc) is 3.18. The third-order valence-electron chi connectivity index (χ3n) is 4.76. The summed E-state index contributed by atoms with van der Waals surface area (Å²) in [7, 11) is 1.65. The van der Waals surface area contributed by atoms with Crippen LogP contribution in [0, 0.1) is 6.92 Å². The van der Waals surface area contributed by atoms with Gasteiger partial charge in [-0.3, -0.25) is 4.79 Å². The van der Waals surface area contributed by atoms with Crippen molar-refractivity contribution in [2.75, 3.05) is 43.5 Å². The van der Waals surface area contributed by atoms with Crippen molar-refractivity contribution >= 4 is 23.2 Å². The zero-order chi connectivity index (χ0) is 20.2. The van der Waals surface area contributed by atoms with Crippen LogP contribution in [-0.4, -0.2) is 59.2 Å². The van der Waals surface area contributed by atoms with Gasteiger partial charge in [0.15, 0.2) is 5.82 Å². The van der Waals surface area contributed by atoms with Gasteiger partial charge < -0.3 is 24.4 Å². The minimum absolute atomic E-state index is 0.115. The number of methoxy groups -OCH3 is 1. The van der Waals surface area contributed by atoms with Gasteiger partial charge in [0.1, 0.15) is 23.0 Å². The summed E-state index contributed by atoms with van der Waals surface area (Å²) >= 11 is 0. The van der Waals surface area contributed by atoms with E-state index < -0.39 is 0 Å². The van der Waals surface area contributed by atoms with Gasteiger partial charge in [0, 0.05) is 37.9 Å². The second-order valence-electron chi connectivity index (χ2n) is 6.71. The quantitative estimate of drug-likeness (QED) is 0.705. The molecular weight excluding hydrogens is 372 g/mol. The number of rotatable bonds is 5. The van der Waals surface area contributed by atoms with Crippen molar-refractivity contribution in [3.8, 4) is 5.75 Å². The van der Waals surface area contributed by atoms with Gasteiger partial charge in [-0.2, -0.15) is 0 Å². The molecule has 1 amide bonds. The van der Waals surface area contributed by atoms with E-state index in [1.807, 2.05) is 24.3 Å². The molecule has 1 aromatic carbocycles. The number of nitrogens with zero attached hydrogens (tertiary/aromatic N) is 5. The standard InChI is InChI=1S/C20H22N6O3/c1-14-11-18(24-29-14)23-19-13-21-17(12-22-19)20(27)26-9-7-25(8-10-26)15-3-5-16(28-2)6-4-15/h3-6,11-13H,7-10H2,1-2H3,(H,22,23,24). The van der Waals surface area contributed by atoms with Crippen molar-refractivity contribution in [2.45, 2.75) is 6.92 Å². The van der Waals surface area contributed by atoms with Crippen LogP contribution >= 0.6 is 0 Å². The molecule has 9 nitrogen and oxygen atoms in total. The van der Waals surface area contributed by atoms with Crippen molar-refractivity contribution < 1.29 is 14.1 Å². The molecule has 0 bridgehead atoms. The number of nitrogens with one attached hydrogen (secondary N) is 1. The maximum Gasteiger partial charge on any atom is 0.274 e. The molecular formula is C20H22N6O3. The van der Waals surface area contributed by atoms with Gasteiger partial charge in [0.05, 0.1) is 19.5 Å². The molecule has 1 aliphatic heterocycles. The molecule has 150 valence electrons. The third kappa shape index (κ3) is 4.29. The van der Waals surface area contributed by atoms with Crippen LogP contribution < -0.4 is 15.0 Å². The Hall–Kier alpha value is -3.62. The molecule has 29 heavy (non-hydrogen) atoms. The fourth-order valence-electron chi connectivity index (χ4n) is 3.18. The van der Waals surface area contributed by atoms with E-state index in [4.69, 9.17) is 9.26 Å². The molecule has 1 fully saturated rings. The molecule has 0 aliphatic carbocycles. The lowest BCUT2D eigenvalue weighted by Gasteiger charge is -2.36. The molecule has 0 atom stereocenters. The third-order valence-corrected chi connectivity index (χ3v) is 4.76. The fourth-order valence-corrected chi connectivity index (χ4v) is 3.18. The summed E-state index contributed by atoms with van der Waals surface area (Å²) in [6.07, 6.45) is 3.00. The lowest BCUT2D eigenvalue weighted by Crippen LogP contribution is -2.49. The molecule has 9 heteroatoms. The number of anilines is 3. The molecule has 0 unspecified atom stereocenters. The van der Waals surface area contributed by atoms with Crippen LogP contribution in [0.25, 0.3) is 0 Å². The molecule has 0 saturated carbocycles. The normalized spacial score (nSPS) is 14.0. The number of hydrogen-bond acceptors (Lipinski definition) is 8. The molecule has 3 aromatic rings. The highest BCUT2D eigenvalue weighted by atomic mass is 16.5. The number of benzene rings is 1. The summed E-state index contributed by atoms with van der Waals surface area (Å²) in [5, 5.41) is 6.83. The monoisotopic (exact) mass is 394 g/mol. The molecule has 1 aliphatic rings. The summed E-state index contributed by atoms with van der Waals surface area (Å²) in [6.45, 7) is 4.59. The minimum atomic E-state index is -0.115. The first-order valence-electron chi connectivity index (χ1n) is 9.33. The summed E-state index contributed by atoms with van der Waals surface area (Å²) in [4.78, 5) is 25.3. The van der Waals surface area contributed by atoms with Crippen LogP contribution in [0.5, 0.6) is 5.75 Å². The van der Waals surface area contributed by atoms with E-state index in [-0.39, 0.29) is 5.91 Å². The van der Waals surface area contributed by atoms with E-state index in [1.54, 1.807) is 25.0 Å². The first-order chi connectivity index (χ1) is 14.1. The highest BCUT2D eigenvalue weighted by Crippen LogP contribution is 2.21. The topological polar surface area (TPSA) is 96.6 Å². The Morgan fingerprint density at radius 2 is 1.83 bits per heavy atom. The zero-order valence-corrected chi connectivity index (χ0v) is 16.3. The molecule has 0 radical (unpaired) electrons. The van der Waals surface area contributed by atoms with Crippen molar-refractivity contribution in [3.63, 3.8) is 0 Å². The van der Waals surface area contributed by atoms with E-state index in [0.29, 0.717) is 36.2 Å². The number of carbonyl (C=O) groups is 1. The van der Waals surface area contributed by atoms with Gasteiger partial charge in [-0.25, -0.2) is 9.97 Å². The fraction of sp³-hybridized carbons (Fsp3) is 0.300. The molecule has 0 spiro atoms. The number of aromatic nitrogens is 3. The highest BCUT2D eigenvalue weighted by molar-refractivity contribution is 5.92.